The van der Waals surface area contributed by atoms with Crippen LogP contribution in [0.4, 0.5) is 0 Å². The second-order valence-electron chi connectivity index (χ2n) is 3.98. The molecule has 0 saturated carbocycles. The maximum Gasteiger partial charge on any atom is 0.0954 e. The topological polar surface area (TPSA) is 30.3 Å². The summed E-state index contributed by atoms with van der Waals surface area (Å²) in [5.74, 6) is 0.803. The largest absolute Gasteiger partial charge is 0.360 e. The van der Waals surface area contributed by atoms with Crippen LogP contribution in [-0.4, -0.2) is 48.9 Å². The van der Waals surface area contributed by atoms with Gasteiger partial charge >= 0.3 is 0 Å². The van der Waals surface area contributed by atoms with Crippen molar-refractivity contribution in [2.24, 2.45) is 0 Å². The Balaban J connectivity index is 2.34. The summed E-state index contributed by atoms with van der Waals surface area (Å²) in [4.78, 5) is 4.51. The van der Waals surface area contributed by atoms with E-state index in [2.05, 4.69) is 30.8 Å². The maximum absolute atomic E-state index is 7.72. The number of likely N-dealkylation sites (tertiary alicyclic amines) is 1. The van der Waals surface area contributed by atoms with Gasteiger partial charge in [0.1, 0.15) is 0 Å². The van der Waals surface area contributed by atoms with Crippen molar-refractivity contribution in [1.29, 1.82) is 5.41 Å². The van der Waals surface area contributed by atoms with Gasteiger partial charge in [-0.3, -0.25) is 5.41 Å². The first-order chi connectivity index (χ1) is 6.15. The summed E-state index contributed by atoms with van der Waals surface area (Å²) >= 11 is 0. The van der Waals surface area contributed by atoms with Crippen LogP contribution in [0.3, 0.4) is 0 Å². The van der Waals surface area contributed by atoms with Gasteiger partial charge in [0.05, 0.1) is 5.84 Å². The maximum atomic E-state index is 7.72. The van der Waals surface area contributed by atoms with Crippen molar-refractivity contribution in [1.82, 2.24) is 9.80 Å². The third kappa shape index (κ3) is 2.69. The summed E-state index contributed by atoms with van der Waals surface area (Å²) in [6.07, 6.45) is 3.28. The van der Waals surface area contributed by atoms with E-state index in [-0.39, 0.29) is 0 Å². The summed E-state index contributed by atoms with van der Waals surface area (Å²) < 4.78 is 0. The highest BCUT2D eigenvalue weighted by Gasteiger charge is 2.20. The van der Waals surface area contributed by atoms with E-state index >= 15 is 0 Å². The number of rotatable bonds is 2. The third-order valence-corrected chi connectivity index (χ3v) is 2.91. The highest BCUT2D eigenvalue weighted by atomic mass is 15.2. The molecule has 0 atom stereocenters. The number of piperidine rings is 1. The van der Waals surface area contributed by atoms with Crippen LogP contribution in [0, 0.1) is 5.41 Å². The number of amidine groups is 1. The molecule has 3 nitrogen and oxygen atoms in total. The van der Waals surface area contributed by atoms with Gasteiger partial charge < -0.3 is 9.80 Å². The zero-order chi connectivity index (χ0) is 9.84. The number of nitrogens with one attached hydrogen (secondary N) is 1. The molecule has 0 unspecified atom stereocenters. The van der Waals surface area contributed by atoms with Crippen LogP contribution in [0.25, 0.3) is 0 Å². The van der Waals surface area contributed by atoms with Crippen molar-refractivity contribution in [3.8, 4) is 0 Å². The third-order valence-electron chi connectivity index (χ3n) is 2.91. The summed E-state index contributed by atoms with van der Waals surface area (Å²) in [6, 6.07) is 0.723. The molecule has 0 bridgehead atoms. The van der Waals surface area contributed by atoms with Crippen molar-refractivity contribution >= 4 is 5.84 Å². The Labute approximate surface area is 81.2 Å². The lowest BCUT2D eigenvalue weighted by atomic mass is 10.0. The van der Waals surface area contributed by atoms with Gasteiger partial charge in [-0.25, -0.2) is 0 Å². The van der Waals surface area contributed by atoms with Crippen LogP contribution in [0.15, 0.2) is 0 Å². The van der Waals surface area contributed by atoms with E-state index in [4.69, 9.17) is 5.41 Å². The SMILES string of the molecule is CCC(=N)N1CCC(N(C)C)CC1. The van der Waals surface area contributed by atoms with Gasteiger partial charge in [-0.05, 0) is 26.9 Å². The molecule has 1 saturated heterocycles. The Hall–Kier alpha value is -0.570. The minimum absolute atomic E-state index is 0.723. The van der Waals surface area contributed by atoms with Crippen molar-refractivity contribution in [3.05, 3.63) is 0 Å². The normalized spacial score (nSPS) is 19.5. The van der Waals surface area contributed by atoms with Gasteiger partial charge in [-0.1, -0.05) is 6.92 Å². The first-order valence-corrected chi connectivity index (χ1v) is 5.14. The highest BCUT2D eigenvalue weighted by molar-refractivity contribution is 5.78. The summed E-state index contributed by atoms with van der Waals surface area (Å²) in [7, 11) is 4.29. The van der Waals surface area contributed by atoms with Crippen LogP contribution >= 0.6 is 0 Å². The molecule has 1 aliphatic rings. The molecule has 0 aromatic rings. The molecular formula is C10H21N3. The van der Waals surface area contributed by atoms with E-state index in [1.807, 2.05) is 0 Å². The lowest BCUT2D eigenvalue weighted by Gasteiger charge is -2.36. The average molecular weight is 183 g/mol. The minimum atomic E-state index is 0.723. The number of hydrogen-bond acceptors (Lipinski definition) is 2. The van der Waals surface area contributed by atoms with Crippen LogP contribution in [0.1, 0.15) is 26.2 Å². The molecule has 1 fully saturated rings. The molecule has 3 heteroatoms. The van der Waals surface area contributed by atoms with Crippen LogP contribution in [-0.2, 0) is 0 Å². The highest BCUT2D eigenvalue weighted by Crippen LogP contribution is 2.14. The Morgan fingerprint density at radius 3 is 2.31 bits per heavy atom. The standard InChI is InChI=1S/C10H21N3/c1-4-10(11)13-7-5-9(6-8-13)12(2)3/h9,11H,4-8H2,1-3H3. The van der Waals surface area contributed by atoms with Gasteiger partial charge in [0.2, 0.25) is 0 Å². The Morgan fingerprint density at radius 1 is 1.38 bits per heavy atom. The van der Waals surface area contributed by atoms with E-state index in [0.717, 1.165) is 31.4 Å². The van der Waals surface area contributed by atoms with Crippen LogP contribution < -0.4 is 0 Å². The molecule has 1 heterocycles. The second-order valence-corrected chi connectivity index (χ2v) is 3.98. The molecular weight excluding hydrogens is 162 g/mol. The molecule has 76 valence electrons. The van der Waals surface area contributed by atoms with E-state index in [0.29, 0.717) is 0 Å². The molecule has 0 aromatic carbocycles. The first-order valence-electron chi connectivity index (χ1n) is 5.14. The zero-order valence-electron chi connectivity index (χ0n) is 9.01. The minimum Gasteiger partial charge on any atom is -0.360 e. The summed E-state index contributed by atoms with van der Waals surface area (Å²) in [6.45, 7) is 4.19. The van der Waals surface area contributed by atoms with Gasteiger partial charge in [0.25, 0.3) is 0 Å². The Morgan fingerprint density at radius 2 is 1.92 bits per heavy atom. The van der Waals surface area contributed by atoms with E-state index in [9.17, 15) is 0 Å². The lowest BCUT2D eigenvalue weighted by Crippen LogP contribution is -2.44. The lowest BCUT2D eigenvalue weighted by molar-refractivity contribution is 0.189. The first kappa shape index (κ1) is 10.5. The molecule has 13 heavy (non-hydrogen) atoms. The fourth-order valence-electron chi connectivity index (χ4n) is 1.88. The van der Waals surface area contributed by atoms with Crippen molar-refractivity contribution in [2.75, 3.05) is 27.2 Å². The monoisotopic (exact) mass is 183 g/mol. The average Bonchev–Trinajstić information content (AvgIpc) is 2.17. The Bertz CT molecular complexity index is 169. The van der Waals surface area contributed by atoms with E-state index in [1.54, 1.807) is 0 Å². The predicted molar refractivity (Wildman–Crippen MR) is 56.3 cm³/mol. The van der Waals surface area contributed by atoms with Crippen LogP contribution in [0.2, 0.25) is 0 Å². The number of nitrogens with zero attached hydrogens (tertiary/aromatic N) is 2. The Kier molecular flexibility index (Phi) is 3.72. The molecule has 0 amide bonds. The van der Waals surface area contributed by atoms with Gasteiger partial charge in [0, 0.05) is 25.6 Å². The molecule has 0 aliphatic carbocycles. The molecule has 0 aromatic heterocycles. The molecule has 1 aliphatic heterocycles. The van der Waals surface area contributed by atoms with Gasteiger partial charge in [0.15, 0.2) is 0 Å². The number of hydrogen-bond donors (Lipinski definition) is 1. The van der Waals surface area contributed by atoms with E-state index in [1.165, 1.54) is 12.8 Å². The zero-order valence-corrected chi connectivity index (χ0v) is 9.01. The summed E-state index contributed by atoms with van der Waals surface area (Å²) in [5.41, 5.74) is 0. The van der Waals surface area contributed by atoms with Crippen molar-refractivity contribution < 1.29 is 0 Å². The van der Waals surface area contributed by atoms with Crippen molar-refractivity contribution in [3.63, 3.8) is 0 Å². The fraction of sp³-hybridized carbons (Fsp3) is 0.900. The van der Waals surface area contributed by atoms with Gasteiger partial charge in [-0.2, -0.15) is 0 Å². The fourth-order valence-corrected chi connectivity index (χ4v) is 1.88. The van der Waals surface area contributed by atoms with Gasteiger partial charge in [-0.15, -0.1) is 0 Å². The smallest absolute Gasteiger partial charge is 0.0954 e. The summed E-state index contributed by atoms with van der Waals surface area (Å²) in [5, 5.41) is 7.72. The molecule has 0 radical (unpaired) electrons. The molecule has 1 N–H and O–H groups in total. The van der Waals surface area contributed by atoms with Crippen LogP contribution in [0.5, 0.6) is 0 Å². The van der Waals surface area contributed by atoms with Crippen molar-refractivity contribution in [2.45, 2.75) is 32.2 Å². The molecule has 1 rings (SSSR count). The molecule has 0 spiro atoms. The van der Waals surface area contributed by atoms with E-state index < -0.39 is 0 Å². The second kappa shape index (κ2) is 4.61. The predicted octanol–water partition coefficient (Wildman–Crippen LogP) is 1.40. The quantitative estimate of drug-likeness (QED) is 0.518.